The quantitative estimate of drug-likeness (QED) is 0.679. The van der Waals surface area contributed by atoms with E-state index in [4.69, 9.17) is 5.26 Å². The SMILES string of the molecule is CC(C)(C)[C@@H](C(=O)N1CC(O)CC1C(=O)NC1Cc2ccc(C#N)cc2C1)n1cc(C2CC2)nn1. The van der Waals surface area contributed by atoms with E-state index >= 15 is 0 Å². The van der Waals surface area contributed by atoms with Crippen molar-refractivity contribution in [3.63, 3.8) is 0 Å². The molecule has 5 rings (SSSR count). The maximum Gasteiger partial charge on any atom is 0.248 e. The van der Waals surface area contributed by atoms with E-state index in [0.29, 0.717) is 24.3 Å². The number of aromatic nitrogens is 3. The van der Waals surface area contributed by atoms with Gasteiger partial charge < -0.3 is 15.3 Å². The summed E-state index contributed by atoms with van der Waals surface area (Å²) in [4.78, 5) is 28.7. The molecule has 2 aliphatic carbocycles. The van der Waals surface area contributed by atoms with Crippen LogP contribution in [0.15, 0.2) is 24.4 Å². The normalized spacial score (nSPS) is 24.7. The first-order chi connectivity index (χ1) is 16.6. The molecule has 1 aliphatic heterocycles. The van der Waals surface area contributed by atoms with Gasteiger partial charge in [0.05, 0.1) is 23.4 Å². The molecule has 184 valence electrons. The van der Waals surface area contributed by atoms with Crippen LogP contribution in [0.3, 0.4) is 0 Å². The molecule has 4 atom stereocenters. The minimum Gasteiger partial charge on any atom is -0.391 e. The third-order valence-corrected chi connectivity index (χ3v) is 7.32. The second kappa shape index (κ2) is 8.76. The van der Waals surface area contributed by atoms with Crippen molar-refractivity contribution in [3.8, 4) is 6.07 Å². The fraction of sp³-hybridized carbons (Fsp3) is 0.577. The molecule has 3 unspecified atom stereocenters. The number of fused-ring (bicyclic) bond motifs is 1. The van der Waals surface area contributed by atoms with E-state index in [-0.39, 0.29) is 30.8 Å². The lowest BCUT2D eigenvalue weighted by molar-refractivity contribution is -0.144. The predicted molar refractivity (Wildman–Crippen MR) is 127 cm³/mol. The van der Waals surface area contributed by atoms with Crippen LogP contribution in [0.25, 0.3) is 0 Å². The van der Waals surface area contributed by atoms with Crippen LogP contribution in [0.4, 0.5) is 0 Å². The van der Waals surface area contributed by atoms with Gasteiger partial charge in [0.2, 0.25) is 11.8 Å². The fourth-order valence-corrected chi connectivity index (χ4v) is 5.41. The molecule has 2 N–H and O–H groups in total. The van der Waals surface area contributed by atoms with Crippen molar-refractivity contribution in [3.05, 3.63) is 46.8 Å². The highest BCUT2D eigenvalue weighted by Gasteiger charge is 2.46. The van der Waals surface area contributed by atoms with E-state index in [0.717, 1.165) is 29.7 Å². The summed E-state index contributed by atoms with van der Waals surface area (Å²) in [5.41, 5.74) is 3.24. The number of β-amino-alcohol motifs (C(OH)–C–C–N with tert-alkyl or cyclic N) is 1. The summed E-state index contributed by atoms with van der Waals surface area (Å²) in [5, 5.41) is 31.2. The molecule has 0 spiro atoms. The number of amides is 2. The molecule has 0 bridgehead atoms. The smallest absolute Gasteiger partial charge is 0.248 e. The van der Waals surface area contributed by atoms with E-state index in [9.17, 15) is 14.7 Å². The summed E-state index contributed by atoms with van der Waals surface area (Å²) in [6.07, 6.45) is 4.82. The summed E-state index contributed by atoms with van der Waals surface area (Å²) in [6, 6.07) is 6.29. The number of aliphatic hydroxyl groups is 1. The van der Waals surface area contributed by atoms with Crippen molar-refractivity contribution in [2.45, 2.75) is 83.0 Å². The number of carbonyl (C=O) groups excluding carboxylic acids is 2. The molecule has 0 radical (unpaired) electrons. The van der Waals surface area contributed by atoms with E-state index in [1.807, 2.05) is 39.1 Å². The Balaban J connectivity index is 1.32. The highest BCUT2D eigenvalue weighted by Crippen LogP contribution is 2.40. The van der Waals surface area contributed by atoms with Crippen LogP contribution in [-0.2, 0) is 22.4 Å². The summed E-state index contributed by atoms with van der Waals surface area (Å²) in [6.45, 7) is 6.03. The maximum atomic E-state index is 13.8. The van der Waals surface area contributed by atoms with Crippen molar-refractivity contribution < 1.29 is 14.7 Å². The molecule has 9 nitrogen and oxygen atoms in total. The fourth-order valence-electron chi connectivity index (χ4n) is 5.41. The second-order valence-electron chi connectivity index (χ2n) is 11.3. The number of carbonyl (C=O) groups is 2. The number of benzene rings is 1. The maximum absolute atomic E-state index is 13.8. The van der Waals surface area contributed by atoms with Crippen molar-refractivity contribution >= 4 is 11.8 Å². The Kier molecular flexibility index (Phi) is 5.88. The zero-order valence-corrected chi connectivity index (χ0v) is 20.4. The number of nitrogens with zero attached hydrogens (tertiary/aromatic N) is 5. The highest BCUT2D eigenvalue weighted by atomic mass is 16.3. The van der Waals surface area contributed by atoms with Crippen molar-refractivity contribution in [2.24, 2.45) is 5.41 Å². The first-order valence-corrected chi connectivity index (χ1v) is 12.4. The Hall–Kier alpha value is -3.25. The molecule has 1 aromatic carbocycles. The van der Waals surface area contributed by atoms with E-state index in [1.165, 1.54) is 4.90 Å². The molecule has 35 heavy (non-hydrogen) atoms. The van der Waals surface area contributed by atoms with Gasteiger partial charge in [-0.2, -0.15) is 5.26 Å². The molecule has 2 aromatic rings. The third kappa shape index (κ3) is 4.67. The molecule has 2 heterocycles. The Morgan fingerprint density at radius 3 is 2.66 bits per heavy atom. The van der Waals surface area contributed by atoms with Crippen LogP contribution in [0.1, 0.15) is 74.4 Å². The van der Waals surface area contributed by atoms with Gasteiger partial charge in [0, 0.05) is 31.1 Å². The Morgan fingerprint density at radius 1 is 1.23 bits per heavy atom. The molecule has 1 saturated carbocycles. The number of hydrogen-bond donors (Lipinski definition) is 2. The third-order valence-electron chi connectivity index (χ3n) is 7.32. The number of nitriles is 1. The second-order valence-corrected chi connectivity index (χ2v) is 11.3. The van der Waals surface area contributed by atoms with Crippen LogP contribution < -0.4 is 5.32 Å². The highest BCUT2D eigenvalue weighted by molar-refractivity contribution is 5.90. The van der Waals surface area contributed by atoms with Crippen molar-refractivity contribution in [1.82, 2.24) is 25.2 Å². The first kappa shape index (κ1) is 23.5. The molecule has 2 amide bonds. The lowest BCUT2D eigenvalue weighted by atomic mass is 9.85. The standard InChI is InChI=1S/C26H32N6O3/c1-26(2,3)23(32-14-21(29-30-32)16-6-7-16)25(35)31-13-20(33)11-22(31)24(34)28-19-9-17-5-4-15(12-27)8-18(17)10-19/h4-5,8,14,16,19-20,22-23,33H,6-7,9-11,13H2,1-3H3,(H,28,34)/t19?,20?,22?,23-/m1/s1. The molecular weight excluding hydrogens is 444 g/mol. The van der Waals surface area contributed by atoms with Gasteiger partial charge in [-0.15, -0.1) is 5.10 Å². The van der Waals surface area contributed by atoms with Gasteiger partial charge in [-0.25, -0.2) is 4.68 Å². The van der Waals surface area contributed by atoms with E-state index < -0.39 is 23.6 Å². The van der Waals surface area contributed by atoms with Crippen LogP contribution in [0.2, 0.25) is 0 Å². The van der Waals surface area contributed by atoms with Crippen LogP contribution in [-0.4, -0.2) is 61.5 Å². The minimum absolute atomic E-state index is 0.101. The molecule has 9 heteroatoms. The van der Waals surface area contributed by atoms with Crippen molar-refractivity contribution in [2.75, 3.05) is 6.54 Å². The van der Waals surface area contributed by atoms with Gasteiger partial charge in [0.15, 0.2) is 0 Å². The van der Waals surface area contributed by atoms with Crippen LogP contribution in [0.5, 0.6) is 0 Å². The molecule has 1 saturated heterocycles. The minimum atomic E-state index is -0.757. The lowest BCUT2D eigenvalue weighted by Gasteiger charge is -2.34. The molecular formula is C26H32N6O3. The molecule has 2 fully saturated rings. The number of likely N-dealkylation sites (tertiary alicyclic amines) is 1. The topological polar surface area (TPSA) is 124 Å². The van der Waals surface area contributed by atoms with Gasteiger partial charge in [-0.3, -0.25) is 9.59 Å². The number of aliphatic hydroxyl groups excluding tert-OH is 1. The Bertz CT molecular complexity index is 1190. The zero-order valence-electron chi connectivity index (χ0n) is 20.4. The van der Waals surface area contributed by atoms with Gasteiger partial charge in [0.1, 0.15) is 12.1 Å². The van der Waals surface area contributed by atoms with Gasteiger partial charge in [-0.1, -0.05) is 32.1 Å². The summed E-state index contributed by atoms with van der Waals surface area (Å²) in [5.74, 6) is -0.0562. The molecule has 1 aromatic heterocycles. The Morgan fingerprint density at radius 2 is 1.97 bits per heavy atom. The largest absolute Gasteiger partial charge is 0.391 e. The monoisotopic (exact) mass is 476 g/mol. The van der Waals surface area contributed by atoms with E-state index in [2.05, 4.69) is 21.7 Å². The lowest BCUT2D eigenvalue weighted by Crippen LogP contribution is -2.52. The van der Waals surface area contributed by atoms with Gasteiger partial charge >= 0.3 is 0 Å². The predicted octanol–water partition coefficient (Wildman–Crippen LogP) is 1.86. The zero-order chi connectivity index (χ0) is 24.9. The summed E-state index contributed by atoms with van der Waals surface area (Å²) >= 11 is 0. The summed E-state index contributed by atoms with van der Waals surface area (Å²) in [7, 11) is 0. The number of hydrogen-bond acceptors (Lipinski definition) is 6. The summed E-state index contributed by atoms with van der Waals surface area (Å²) < 4.78 is 1.63. The molecule has 3 aliphatic rings. The van der Waals surface area contributed by atoms with Crippen molar-refractivity contribution in [1.29, 1.82) is 5.26 Å². The number of rotatable bonds is 5. The number of nitrogens with one attached hydrogen (secondary N) is 1. The van der Waals surface area contributed by atoms with Crippen LogP contribution in [0, 0.1) is 16.7 Å². The van der Waals surface area contributed by atoms with E-state index in [1.54, 1.807) is 10.7 Å². The van der Waals surface area contributed by atoms with Gasteiger partial charge in [0.25, 0.3) is 0 Å². The van der Waals surface area contributed by atoms with Gasteiger partial charge in [-0.05, 0) is 54.4 Å². The Labute approximate surface area is 205 Å². The average Bonchev–Trinajstić information content (AvgIpc) is 3.21. The first-order valence-electron chi connectivity index (χ1n) is 12.4. The average molecular weight is 477 g/mol. The van der Waals surface area contributed by atoms with Crippen LogP contribution >= 0.6 is 0 Å².